The van der Waals surface area contributed by atoms with Crippen LogP contribution in [0.25, 0.3) is 11.0 Å². The Kier molecular flexibility index (Phi) is 4.56. The summed E-state index contributed by atoms with van der Waals surface area (Å²) in [5.74, 6) is -0.573. The number of hydrogen-bond acceptors (Lipinski definition) is 5. The maximum absolute atomic E-state index is 13.5. The molecule has 7 nitrogen and oxygen atoms in total. The van der Waals surface area contributed by atoms with Crippen LogP contribution in [0.4, 0.5) is 11.4 Å². The third-order valence-corrected chi connectivity index (χ3v) is 5.78. The van der Waals surface area contributed by atoms with Crippen molar-refractivity contribution in [3.05, 3.63) is 115 Å². The first-order valence-corrected chi connectivity index (χ1v) is 10.1. The van der Waals surface area contributed by atoms with Gasteiger partial charge in [-0.2, -0.15) is 0 Å². The van der Waals surface area contributed by atoms with Crippen molar-refractivity contribution < 1.29 is 14.1 Å². The molecule has 0 fully saturated rings. The molecule has 0 bridgehead atoms. The second kappa shape index (κ2) is 7.32. The van der Waals surface area contributed by atoms with Crippen molar-refractivity contribution >= 4 is 39.9 Å². The number of nitro benzene ring substituents is 1. The lowest BCUT2D eigenvalue weighted by atomic mass is 9.97. The van der Waals surface area contributed by atoms with Gasteiger partial charge in [-0.15, -0.1) is 0 Å². The van der Waals surface area contributed by atoms with Gasteiger partial charge in [-0.1, -0.05) is 41.4 Å². The minimum Gasteiger partial charge on any atom is -0.450 e. The van der Waals surface area contributed by atoms with Crippen molar-refractivity contribution in [1.82, 2.24) is 0 Å². The van der Waals surface area contributed by atoms with Gasteiger partial charge in [-0.3, -0.25) is 24.6 Å². The number of benzene rings is 3. The zero-order valence-electron chi connectivity index (χ0n) is 16.7. The lowest BCUT2D eigenvalue weighted by molar-refractivity contribution is -0.384. The summed E-state index contributed by atoms with van der Waals surface area (Å²) in [7, 11) is 0. The smallest absolute Gasteiger partial charge is 0.295 e. The fourth-order valence-electron chi connectivity index (χ4n) is 4.04. The van der Waals surface area contributed by atoms with Crippen molar-refractivity contribution in [2.24, 2.45) is 0 Å². The fourth-order valence-corrected chi connectivity index (χ4v) is 4.21. The van der Waals surface area contributed by atoms with E-state index in [2.05, 4.69) is 0 Å². The first-order chi connectivity index (χ1) is 15.3. The van der Waals surface area contributed by atoms with Gasteiger partial charge in [-0.05, 0) is 42.8 Å². The molecule has 0 saturated carbocycles. The second-order valence-corrected chi connectivity index (χ2v) is 8.02. The molecule has 32 heavy (non-hydrogen) atoms. The number of carbonyl (C=O) groups is 1. The zero-order chi connectivity index (χ0) is 22.6. The van der Waals surface area contributed by atoms with Gasteiger partial charge in [0.05, 0.1) is 21.9 Å². The largest absolute Gasteiger partial charge is 0.450 e. The molecular weight excluding hydrogens is 432 g/mol. The van der Waals surface area contributed by atoms with Crippen LogP contribution in [-0.4, -0.2) is 10.8 Å². The first kappa shape index (κ1) is 20.0. The maximum Gasteiger partial charge on any atom is 0.295 e. The number of hydrogen-bond donors (Lipinski definition) is 0. The van der Waals surface area contributed by atoms with E-state index in [1.807, 2.05) is 19.1 Å². The molecule has 0 aliphatic carbocycles. The third-order valence-electron chi connectivity index (χ3n) is 5.54. The van der Waals surface area contributed by atoms with Crippen LogP contribution in [0.1, 0.15) is 33.3 Å². The number of amides is 1. The molecule has 1 unspecified atom stereocenters. The summed E-state index contributed by atoms with van der Waals surface area (Å²) in [6, 6.07) is 16.9. The van der Waals surface area contributed by atoms with E-state index in [1.165, 1.54) is 29.2 Å². The quantitative estimate of drug-likeness (QED) is 0.309. The monoisotopic (exact) mass is 446 g/mol. The van der Waals surface area contributed by atoms with E-state index >= 15 is 0 Å². The number of rotatable bonds is 3. The molecule has 0 N–H and O–H groups in total. The zero-order valence-corrected chi connectivity index (χ0v) is 17.5. The highest BCUT2D eigenvalue weighted by molar-refractivity contribution is 6.31. The van der Waals surface area contributed by atoms with Crippen LogP contribution in [0.2, 0.25) is 5.02 Å². The van der Waals surface area contributed by atoms with Crippen molar-refractivity contribution in [3.8, 4) is 0 Å². The fraction of sp³-hybridized carbons (Fsp3) is 0.0833. The van der Waals surface area contributed by atoms with Crippen molar-refractivity contribution in [3.63, 3.8) is 0 Å². The number of nitro groups is 1. The van der Waals surface area contributed by atoms with E-state index in [-0.39, 0.29) is 28.0 Å². The number of anilines is 1. The van der Waals surface area contributed by atoms with Crippen molar-refractivity contribution in [2.75, 3.05) is 4.90 Å². The summed E-state index contributed by atoms with van der Waals surface area (Å²) >= 11 is 6.09. The molecule has 5 rings (SSSR count). The SMILES string of the molecule is Cc1ccc(N2C(=O)c3oc4ccc(Cl)cc4c(=O)c3C2c2cccc([N+](=O)[O-])c2)cc1. The Hall–Kier alpha value is -3.97. The first-order valence-electron chi connectivity index (χ1n) is 9.76. The van der Waals surface area contributed by atoms with E-state index in [1.54, 1.807) is 30.3 Å². The topological polar surface area (TPSA) is 93.7 Å². The average Bonchev–Trinajstić information content (AvgIpc) is 3.07. The van der Waals surface area contributed by atoms with E-state index < -0.39 is 22.3 Å². The van der Waals surface area contributed by atoms with E-state index in [0.717, 1.165) is 5.56 Å². The Bertz CT molecular complexity index is 1480. The lowest BCUT2D eigenvalue weighted by Gasteiger charge is -2.25. The number of fused-ring (bicyclic) bond motifs is 2. The lowest BCUT2D eigenvalue weighted by Crippen LogP contribution is -2.29. The summed E-state index contributed by atoms with van der Waals surface area (Å²) in [5, 5.41) is 12.0. The Balaban J connectivity index is 1.82. The second-order valence-electron chi connectivity index (χ2n) is 7.58. The molecule has 2 heterocycles. The van der Waals surface area contributed by atoms with E-state index in [9.17, 15) is 19.7 Å². The van der Waals surface area contributed by atoms with Gasteiger partial charge >= 0.3 is 0 Å². The third kappa shape index (κ3) is 3.06. The molecule has 1 aliphatic heterocycles. The molecule has 1 amide bonds. The van der Waals surface area contributed by atoms with Gasteiger partial charge < -0.3 is 4.42 Å². The molecule has 0 radical (unpaired) electrons. The predicted molar refractivity (Wildman–Crippen MR) is 120 cm³/mol. The molecule has 0 saturated heterocycles. The van der Waals surface area contributed by atoms with E-state index in [4.69, 9.17) is 16.0 Å². The summed E-state index contributed by atoms with van der Waals surface area (Å²) in [6.07, 6.45) is 0. The number of nitrogens with zero attached hydrogens (tertiary/aromatic N) is 2. The summed E-state index contributed by atoms with van der Waals surface area (Å²) in [4.78, 5) is 39.3. The molecule has 1 aromatic heterocycles. The standard InChI is InChI=1S/C24H15ClN2O5/c1-13-5-8-16(9-6-13)26-21(14-3-2-4-17(11-14)27(30)31)20-22(28)18-12-15(25)7-10-19(18)32-23(20)24(26)29/h2-12,21H,1H3. The van der Waals surface area contributed by atoms with E-state index in [0.29, 0.717) is 16.3 Å². The van der Waals surface area contributed by atoms with Crippen molar-refractivity contribution in [1.29, 1.82) is 0 Å². The van der Waals surface area contributed by atoms with Crippen LogP contribution in [0, 0.1) is 17.0 Å². The highest BCUT2D eigenvalue weighted by Gasteiger charge is 2.44. The van der Waals surface area contributed by atoms with Gasteiger partial charge in [0.25, 0.3) is 11.6 Å². The molecule has 8 heteroatoms. The summed E-state index contributed by atoms with van der Waals surface area (Å²) in [6.45, 7) is 1.92. The molecule has 3 aromatic carbocycles. The number of aryl methyl sites for hydroxylation is 1. The molecule has 0 spiro atoms. The van der Waals surface area contributed by atoms with Crippen LogP contribution in [0.5, 0.6) is 0 Å². The highest BCUT2D eigenvalue weighted by Crippen LogP contribution is 2.42. The summed E-state index contributed by atoms with van der Waals surface area (Å²) < 4.78 is 5.87. The van der Waals surface area contributed by atoms with Crippen LogP contribution >= 0.6 is 11.6 Å². The minimum absolute atomic E-state index is 0.0816. The number of halogens is 1. The predicted octanol–water partition coefficient (Wildman–Crippen LogP) is 5.41. The summed E-state index contributed by atoms with van der Waals surface area (Å²) in [5.41, 5.74) is 1.81. The van der Waals surface area contributed by atoms with Gasteiger partial charge in [0.1, 0.15) is 5.58 Å². The molecule has 1 atom stereocenters. The van der Waals surface area contributed by atoms with Gasteiger partial charge in [-0.25, -0.2) is 0 Å². The molecule has 4 aromatic rings. The molecule has 158 valence electrons. The Morgan fingerprint density at radius 3 is 2.50 bits per heavy atom. The molecular formula is C24H15ClN2O5. The molecule has 1 aliphatic rings. The number of non-ortho nitro benzene ring substituents is 1. The van der Waals surface area contributed by atoms with Gasteiger partial charge in [0.2, 0.25) is 5.76 Å². The van der Waals surface area contributed by atoms with Gasteiger partial charge in [0.15, 0.2) is 5.43 Å². The number of carbonyl (C=O) groups excluding carboxylic acids is 1. The normalized spacial score (nSPS) is 15.2. The highest BCUT2D eigenvalue weighted by atomic mass is 35.5. The Labute approximate surface area is 186 Å². The van der Waals surface area contributed by atoms with Crippen LogP contribution < -0.4 is 10.3 Å². The Morgan fingerprint density at radius 2 is 1.78 bits per heavy atom. The van der Waals surface area contributed by atoms with Gasteiger partial charge in [0, 0.05) is 22.8 Å². The Morgan fingerprint density at radius 1 is 1.03 bits per heavy atom. The van der Waals surface area contributed by atoms with Crippen LogP contribution in [-0.2, 0) is 0 Å². The van der Waals surface area contributed by atoms with Crippen LogP contribution in [0.3, 0.4) is 0 Å². The average molecular weight is 447 g/mol. The minimum atomic E-state index is -0.889. The van der Waals surface area contributed by atoms with Crippen molar-refractivity contribution in [2.45, 2.75) is 13.0 Å². The maximum atomic E-state index is 13.5. The van der Waals surface area contributed by atoms with Crippen LogP contribution in [0.15, 0.2) is 75.9 Å².